The summed E-state index contributed by atoms with van der Waals surface area (Å²) in [4.78, 5) is 13.8. The van der Waals surface area contributed by atoms with E-state index in [1.807, 2.05) is 48.5 Å². The van der Waals surface area contributed by atoms with Crippen molar-refractivity contribution in [3.05, 3.63) is 69.8 Å². The SMILES string of the molecule is CCSc1sc(-c2ccc(Cl)cc2)cc(=O)c1-c1ccc(OC)cc1. The highest BCUT2D eigenvalue weighted by Crippen LogP contribution is 2.37. The zero-order valence-corrected chi connectivity index (χ0v) is 16.3. The Kier molecular flexibility index (Phi) is 5.84. The summed E-state index contributed by atoms with van der Waals surface area (Å²) >= 11 is 9.30. The third-order valence-corrected chi connectivity index (χ3v) is 6.27. The molecule has 0 aliphatic rings. The molecule has 0 radical (unpaired) electrons. The number of methoxy groups -OCH3 is 1. The van der Waals surface area contributed by atoms with Crippen LogP contribution in [0.3, 0.4) is 0 Å². The topological polar surface area (TPSA) is 26.3 Å². The van der Waals surface area contributed by atoms with Crippen molar-refractivity contribution in [2.24, 2.45) is 0 Å². The number of benzene rings is 2. The first kappa shape index (κ1) is 18.1. The average Bonchev–Trinajstić information content (AvgIpc) is 2.62. The van der Waals surface area contributed by atoms with Gasteiger partial charge in [-0.3, -0.25) is 4.79 Å². The summed E-state index contributed by atoms with van der Waals surface area (Å²) in [5.41, 5.74) is 2.72. The lowest BCUT2D eigenvalue weighted by Gasteiger charge is -2.10. The smallest absolute Gasteiger partial charge is 0.189 e. The number of rotatable bonds is 5. The Morgan fingerprint density at radius 2 is 1.68 bits per heavy atom. The summed E-state index contributed by atoms with van der Waals surface area (Å²) in [6, 6.07) is 16.9. The van der Waals surface area contributed by atoms with E-state index in [9.17, 15) is 4.79 Å². The van der Waals surface area contributed by atoms with Crippen molar-refractivity contribution in [3.63, 3.8) is 0 Å². The Labute approximate surface area is 160 Å². The lowest BCUT2D eigenvalue weighted by atomic mass is 10.1. The van der Waals surface area contributed by atoms with Gasteiger partial charge in [0.25, 0.3) is 0 Å². The molecule has 0 saturated heterocycles. The van der Waals surface area contributed by atoms with Crippen LogP contribution in [-0.4, -0.2) is 12.9 Å². The van der Waals surface area contributed by atoms with Crippen molar-refractivity contribution in [1.82, 2.24) is 0 Å². The van der Waals surface area contributed by atoms with Crippen molar-refractivity contribution in [1.29, 1.82) is 0 Å². The van der Waals surface area contributed by atoms with E-state index in [-0.39, 0.29) is 5.43 Å². The van der Waals surface area contributed by atoms with Gasteiger partial charge in [0.1, 0.15) is 5.75 Å². The molecule has 0 aliphatic carbocycles. The van der Waals surface area contributed by atoms with Gasteiger partial charge >= 0.3 is 0 Å². The van der Waals surface area contributed by atoms with Crippen molar-refractivity contribution in [2.75, 3.05) is 12.9 Å². The molecule has 3 aromatic rings. The Balaban J connectivity index is 2.12. The van der Waals surface area contributed by atoms with E-state index in [0.29, 0.717) is 5.02 Å². The lowest BCUT2D eigenvalue weighted by Crippen LogP contribution is -2.04. The van der Waals surface area contributed by atoms with Crippen LogP contribution in [0.1, 0.15) is 6.92 Å². The predicted octanol–water partition coefficient (Wildman–Crippen LogP) is 6.22. The highest BCUT2D eigenvalue weighted by molar-refractivity contribution is 8.01. The van der Waals surface area contributed by atoms with Crippen LogP contribution in [-0.2, 0) is 0 Å². The normalized spacial score (nSPS) is 10.7. The van der Waals surface area contributed by atoms with Gasteiger partial charge in [-0.05, 0) is 41.1 Å². The van der Waals surface area contributed by atoms with Gasteiger partial charge < -0.3 is 4.74 Å². The molecule has 3 rings (SSSR count). The molecule has 0 fully saturated rings. The van der Waals surface area contributed by atoms with Crippen LogP contribution in [0.15, 0.2) is 63.6 Å². The molecule has 2 aromatic carbocycles. The molecule has 1 heterocycles. The molecule has 0 bridgehead atoms. The molecule has 0 spiro atoms. The largest absolute Gasteiger partial charge is 0.497 e. The fourth-order valence-electron chi connectivity index (χ4n) is 2.48. The highest BCUT2D eigenvalue weighted by Gasteiger charge is 2.14. The summed E-state index contributed by atoms with van der Waals surface area (Å²) in [6.07, 6.45) is 0. The number of ether oxygens (including phenoxy) is 1. The summed E-state index contributed by atoms with van der Waals surface area (Å²) in [6.45, 7) is 2.09. The van der Waals surface area contributed by atoms with Gasteiger partial charge in [0.2, 0.25) is 0 Å². The van der Waals surface area contributed by atoms with Gasteiger partial charge in [-0.25, -0.2) is 0 Å². The Bertz CT molecular complexity index is 916. The molecule has 0 N–H and O–H groups in total. The van der Waals surface area contributed by atoms with Crippen LogP contribution in [0.25, 0.3) is 21.6 Å². The van der Waals surface area contributed by atoms with Crippen molar-refractivity contribution in [2.45, 2.75) is 11.1 Å². The van der Waals surface area contributed by atoms with E-state index in [1.54, 1.807) is 36.3 Å². The predicted molar refractivity (Wildman–Crippen MR) is 109 cm³/mol. The molecule has 25 heavy (non-hydrogen) atoms. The van der Waals surface area contributed by atoms with Crippen LogP contribution < -0.4 is 10.2 Å². The molecule has 2 nitrogen and oxygen atoms in total. The number of thioether (sulfide) groups is 1. The maximum absolute atomic E-state index is 12.9. The second-order valence-corrected chi connectivity index (χ2v) is 8.33. The molecule has 1 aromatic heterocycles. The molecule has 0 amide bonds. The van der Waals surface area contributed by atoms with Crippen molar-refractivity contribution < 1.29 is 4.74 Å². The Morgan fingerprint density at radius 1 is 1.04 bits per heavy atom. The Morgan fingerprint density at radius 3 is 2.28 bits per heavy atom. The highest BCUT2D eigenvalue weighted by atomic mass is 35.5. The summed E-state index contributed by atoms with van der Waals surface area (Å²) in [5, 5.41) is 0.689. The van der Waals surface area contributed by atoms with Crippen molar-refractivity contribution in [3.8, 4) is 27.3 Å². The zero-order chi connectivity index (χ0) is 17.8. The molecular formula is C20H17ClO2S2. The second-order valence-electron chi connectivity index (χ2n) is 5.31. The molecular weight excluding hydrogens is 372 g/mol. The van der Waals surface area contributed by atoms with Gasteiger partial charge in [-0.2, -0.15) is 0 Å². The van der Waals surface area contributed by atoms with E-state index in [2.05, 4.69) is 6.92 Å². The summed E-state index contributed by atoms with van der Waals surface area (Å²) < 4.78 is 6.24. The average molecular weight is 389 g/mol. The second kappa shape index (κ2) is 8.09. The summed E-state index contributed by atoms with van der Waals surface area (Å²) in [5.74, 6) is 1.69. The van der Waals surface area contributed by atoms with Crippen LogP contribution in [0.4, 0.5) is 0 Å². The van der Waals surface area contributed by atoms with E-state index in [4.69, 9.17) is 16.3 Å². The van der Waals surface area contributed by atoms with Crippen LogP contribution in [0, 0.1) is 0 Å². The molecule has 0 aliphatic heterocycles. The third kappa shape index (κ3) is 4.09. The zero-order valence-electron chi connectivity index (χ0n) is 13.9. The minimum absolute atomic E-state index is 0.0322. The molecule has 0 atom stereocenters. The minimum Gasteiger partial charge on any atom is -0.497 e. The molecule has 0 unspecified atom stereocenters. The van der Waals surface area contributed by atoms with Gasteiger partial charge in [0, 0.05) is 16.0 Å². The van der Waals surface area contributed by atoms with E-state index < -0.39 is 0 Å². The van der Waals surface area contributed by atoms with E-state index >= 15 is 0 Å². The van der Waals surface area contributed by atoms with Crippen molar-refractivity contribution >= 4 is 34.7 Å². The van der Waals surface area contributed by atoms with Gasteiger partial charge in [-0.15, -0.1) is 23.1 Å². The minimum atomic E-state index is 0.0322. The standard InChI is InChI=1S/C20H17ClO2S2/c1-3-24-20-19(14-6-10-16(23-2)11-7-14)17(22)12-18(25-20)13-4-8-15(21)9-5-13/h4-12H,3H2,1-2H3. The van der Waals surface area contributed by atoms with Crippen LogP contribution >= 0.6 is 34.7 Å². The number of hydrogen-bond acceptors (Lipinski definition) is 4. The first-order chi connectivity index (χ1) is 12.1. The van der Waals surface area contributed by atoms with E-state index in [0.717, 1.165) is 37.3 Å². The molecule has 0 saturated carbocycles. The van der Waals surface area contributed by atoms with Crippen LogP contribution in [0.5, 0.6) is 5.75 Å². The fraction of sp³-hybridized carbons (Fsp3) is 0.150. The maximum atomic E-state index is 12.9. The van der Waals surface area contributed by atoms with Gasteiger partial charge in [-0.1, -0.05) is 42.8 Å². The quantitative estimate of drug-likeness (QED) is 0.485. The summed E-state index contributed by atoms with van der Waals surface area (Å²) in [7, 11) is 1.63. The molecule has 128 valence electrons. The van der Waals surface area contributed by atoms with E-state index in [1.165, 1.54) is 0 Å². The lowest BCUT2D eigenvalue weighted by molar-refractivity contribution is 0.415. The monoisotopic (exact) mass is 388 g/mol. The molecule has 5 heteroatoms. The van der Waals surface area contributed by atoms with Gasteiger partial charge in [0.05, 0.1) is 16.9 Å². The maximum Gasteiger partial charge on any atom is 0.189 e. The number of halogens is 1. The Hall–Kier alpha value is -1.75. The van der Waals surface area contributed by atoms with Crippen LogP contribution in [0.2, 0.25) is 5.02 Å². The first-order valence-electron chi connectivity index (χ1n) is 7.83. The third-order valence-electron chi connectivity index (χ3n) is 3.70. The number of hydrogen-bond donors (Lipinski definition) is 0. The fourth-order valence-corrected chi connectivity index (χ4v) is 5.03. The van der Waals surface area contributed by atoms with Gasteiger partial charge in [0.15, 0.2) is 5.43 Å². The first-order valence-corrected chi connectivity index (χ1v) is 10.0.